The monoisotopic (exact) mass is 225 g/mol. The molecule has 0 spiro atoms. The Morgan fingerprint density at radius 3 is 2.73 bits per heavy atom. The summed E-state index contributed by atoms with van der Waals surface area (Å²) in [5, 5.41) is 0.691. The second kappa shape index (κ2) is 4.42. The lowest BCUT2D eigenvalue weighted by molar-refractivity contribution is 0.259. The number of hydrogen-bond donors (Lipinski definition) is 1. The maximum atomic E-state index is 6.20. The SMILES string of the molecule is COc1cc(Cl)ccc1C(N)C1CCC1. The molecule has 0 radical (unpaired) electrons. The van der Waals surface area contributed by atoms with Gasteiger partial charge >= 0.3 is 0 Å². The van der Waals surface area contributed by atoms with Crippen molar-refractivity contribution in [1.29, 1.82) is 0 Å². The largest absolute Gasteiger partial charge is 0.496 e. The van der Waals surface area contributed by atoms with Gasteiger partial charge in [-0.3, -0.25) is 0 Å². The first-order valence-electron chi connectivity index (χ1n) is 5.31. The van der Waals surface area contributed by atoms with Crippen LogP contribution < -0.4 is 10.5 Å². The van der Waals surface area contributed by atoms with Crippen LogP contribution >= 0.6 is 11.6 Å². The quantitative estimate of drug-likeness (QED) is 0.858. The third-order valence-corrected chi connectivity index (χ3v) is 3.45. The maximum Gasteiger partial charge on any atom is 0.125 e. The summed E-state index contributed by atoms with van der Waals surface area (Å²) in [6, 6.07) is 5.77. The van der Waals surface area contributed by atoms with Gasteiger partial charge in [-0.1, -0.05) is 24.1 Å². The molecule has 1 aromatic carbocycles. The predicted octanol–water partition coefficient (Wildman–Crippen LogP) is 3.15. The molecule has 0 heterocycles. The fourth-order valence-corrected chi connectivity index (χ4v) is 2.18. The van der Waals surface area contributed by atoms with Gasteiger partial charge in [0.05, 0.1) is 7.11 Å². The molecule has 3 heteroatoms. The molecule has 0 bridgehead atoms. The number of hydrogen-bond acceptors (Lipinski definition) is 2. The number of methoxy groups -OCH3 is 1. The predicted molar refractivity (Wildman–Crippen MR) is 62.3 cm³/mol. The number of halogens is 1. The highest BCUT2D eigenvalue weighted by Crippen LogP contribution is 2.39. The molecule has 1 fully saturated rings. The third-order valence-electron chi connectivity index (χ3n) is 3.21. The molecule has 1 saturated carbocycles. The lowest BCUT2D eigenvalue weighted by Gasteiger charge is -2.32. The van der Waals surface area contributed by atoms with E-state index in [0.717, 1.165) is 11.3 Å². The summed E-state index contributed by atoms with van der Waals surface area (Å²) >= 11 is 5.91. The first-order valence-corrected chi connectivity index (χ1v) is 5.69. The van der Waals surface area contributed by atoms with Crippen molar-refractivity contribution >= 4 is 11.6 Å². The van der Waals surface area contributed by atoms with Crippen molar-refractivity contribution in [3.05, 3.63) is 28.8 Å². The molecular weight excluding hydrogens is 210 g/mol. The Morgan fingerprint density at radius 2 is 2.20 bits per heavy atom. The molecule has 2 N–H and O–H groups in total. The lowest BCUT2D eigenvalue weighted by atomic mass is 9.77. The van der Waals surface area contributed by atoms with Crippen LogP contribution in [0.15, 0.2) is 18.2 Å². The highest BCUT2D eigenvalue weighted by Gasteiger charge is 2.27. The van der Waals surface area contributed by atoms with Crippen LogP contribution in [0.2, 0.25) is 5.02 Å². The average Bonchev–Trinajstić information content (AvgIpc) is 2.14. The van der Waals surface area contributed by atoms with Crippen molar-refractivity contribution in [2.24, 2.45) is 11.7 Å². The number of benzene rings is 1. The van der Waals surface area contributed by atoms with Crippen LogP contribution in [0.3, 0.4) is 0 Å². The van der Waals surface area contributed by atoms with Crippen molar-refractivity contribution in [1.82, 2.24) is 0 Å². The van der Waals surface area contributed by atoms with Crippen LogP contribution in [0.1, 0.15) is 30.9 Å². The minimum Gasteiger partial charge on any atom is -0.496 e. The van der Waals surface area contributed by atoms with Gasteiger partial charge < -0.3 is 10.5 Å². The number of ether oxygens (including phenoxy) is 1. The Balaban J connectivity index is 2.25. The van der Waals surface area contributed by atoms with Gasteiger partial charge in [-0.15, -0.1) is 0 Å². The molecule has 0 aromatic heterocycles. The van der Waals surface area contributed by atoms with E-state index >= 15 is 0 Å². The summed E-state index contributed by atoms with van der Waals surface area (Å²) in [5.74, 6) is 1.42. The highest BCUT2D eigenvalue weighted by molar-refractivity contribution is 6.30. The smallest absolute Gasteiger partial charge is 0.125 e. The van der Waals surface area contributed by atoms with Crippen LogP contribution in [0, 0.1) is 5.92 Å². The van der Waals surface area contributed by atoms with Crippen LogP contribution in [-0.2, 0) is 0 Å². The molecule has 0 amide bonds. The minimum absolute atomic E-state index is 0.0889. The van der Waals surface area contributed by atoms with Crippen molar-refractivity contribution in [2.75, 3.05) is 7.11 Å². The van der Waals surface area contributed by atoms with Gasteiger partial charge in [0.15, 0.2) is 0 Å². The van der Waals surface area contributed by atoms with Crippen LogP contribution in [0.5, 0.6) is 5.75 Å². The Kier molecular flexibility index (Phi) is 3.17. The van der Waals surface area contributed by atoms with Gasteiger partial charge in [0.1, 0.15) is 5.75 Å². The first kappa shape index (κ1) is 10.8. The Labute approximate surface area is 95.4 Å². The highest BCUT2D eigenvalue weighted by atomic mass is 35.5. The van der Waals surface area contributed by atoms with E-state index < -0.39 is 0 Å². The normalized spacial score (nSPS) is 18.3. The summed E-state index contributed by atoms with van der Waals surface area (Å²) in [6.07, 6.45) is 3.76. The standard InChI is InChI=1S/C12H16ClNO/c1-15-11-7-9(13)5-6-10(11)12(14)8-3-2-4-8/h5-8,12H,2-4,14H2,1H3. The van der Waals surface area contributed by atoms with E-state index in [1.807, 2.05) is 18.2 Å². The molecule has 1 aliphatic carbocycles. The summed E-state index contributed by atoms with van der Waals surface area (Å²) in [7, 11) is 1.66. The molecular formula is C12H16ClNO. The van der Waals surface area contributed by atoms with Crippen LogP contribution in [-0.4, -0.2) is 7.11 Å². The van der Waals surface area contributed by atoms with E-state index in [2.05, 4.69) is 0 Å². The zero-order chi connectivity index (χ0) is 10.8. The van der Waals surface area contributed by atoms with Crippen molar-refractivity contribution < 1.29 is 4.74 Å². The number of rotatable bonds is 3. The molecule has 2 nitrogen and oxygen atoms in total. The van der Waals surface area contributed by atoms with Gasteiger partial charge in [-0.25, -0.2) is 0 Å². The Hall–Kier alpha value is -0.730. The average molecular weight is 226 g/mol. The number of nitrogens with two attached hydrogens (primary N) is 1. The molecule has 1 aromatic rings. The van der Waals surface area contributed by atoms with E-state index in [9.17, 15) is 0 Å². The van der Waals surface area contributed by atoms with E-state index in [4.69, 9.17) is 22.1 Å². The molecule has 1 atom stereocenters. The molecule has 0 saturated heterocycles. The van der Waals surface area contributed by atoms with Crippen molar-refractivity contribution in [2.45, 2.75) is 25.3 Å². The second-order valence-corrected chi connectivity index (χ2v) is 4.54. The summed E-state index contributed by atoms with van der Waals surface area (Å²) in [6.45, 7) is 0. The van der Waals surface area contributed by atoms with Gasteiger partial charge in [-0.05, 0) is 30.9 Å². The van der Waals surface area contributed by atoms with Gasteiger partial charge in [-0.2, -0.15) is 0 Å². The molecule has 82 valence electrons. The minimum atomic E-state index is 0.0889. The molecule has 1 unspecified atom stereocenters. The molecule has 0 aliphatic heterocycles. The molecule has 2 rings (SSSR count). The Bertz CT molecular complexity index is 349. The van der Waals surface area contributed by atoms with Gasteiger partial charge in [0.2, 0.25) is 0 Å². The zero-order valence-electron chi connectivity index (χ0n) is 8.87. The summed E-state index contributed by atoms with van der Waals surface area (Å²) < 4.78 is 5.30. The topological polar surface area (TPSA) is 35.2 Å². The first-order chi connectivity index (χ1) is 7.22. The van der Waals surface area contributed by atoms with E-state index in [-0.39, 0.29) is 6.04 Å². The van der Waals surface area contributed by atoms with E-state index in [1.165, 1.54) is 19.3 Å². The zero-order valence-corrected chi connectivity index (χ0v) is 9.63. The van der Waals surface area contributed by atoms with Crippen LogP contribution in [0.4, 0.5) is 0 Å². The van der Waals surface area contributed by atoms with Gasteiger partial charge in [0, 0.05) is 16.6 Å². The molecule has 15 heavy (non-hydrogen) atoms. The van der Waals surface area contributed by atoms with Crippen molar-refractivity contribution in [3.8, 4) is 5.75 Å². The maximum absolute atomic E-state index is 6.20. The fourth-order valence-electron chi connectivity index (χ4n) is 2.01. The van der Waals surface area contributed by atoms with E-state index in [1.54, 1.807) is 7.11 Å². The Morgan fingerprint density at radius 1 is 1.47 bits per heavy atom. The summed E-state index contributed by atoms with van der Waals surface area (Å²) in [4.78, 5) is 0. The second-order valence-electron chi connectivity index (χ2n) is 4.10. The van der Waals surface area contributed by atoms with Crippen LogP contribution in [0.25, 0.3) is 0 Å². The molecule has 1 aliphatic rings. The summed E-state index contributed by atoms with van der Waals surface area (Å²) in [5.41, 5.74) is 7.28. The van der Waals surface area contributed by atoms with Crippen molar-refractivity contribution in [3.63, 3.8) is 0 Å². The third kappa shape index (κ3) is 2.11. The lowest BCUT2D eigenvalue weighted by Crippen LogP contribution is -2.27. The fraction of sp³-hybridized carbons (Fsp3) is 0.500. The van der Waals surface area contributed by atoms with E-state index in [0.29, 0.717) is 10.9 Å². The van der Waals surface area contributed by atoms with Gasteiger partial charge in [0.25, 0.3) is 0 Å².